The molecule has 2 aromatic carbocycles. The second kappa shape index (κ2) is 9.44. The average molecular weight is 450 g/mol. The fourth-order valence-electron chi connectivity index (χ4n) is 3.46. The lowest BCUT2D eigenvalue weighted by Crippen LogP contribution is -2.41. The minimum atomic E-state index is -3.98. The minimum Gasteiger partial charge on any atom is -0.495 e. The minimum absolute atomic E-state index is 0.0562. The van der Waals surface area contributed by atoms with Crippen molar-refractivity contribution in [3.05, 3.63) is 53.8 Å². The molecule has 1 heterocycles. The lowest BCUT2D eigenvalue weighted by atomic mass is 9.97. The van der Waals surface area contributed by atoms with Crippen LogP contribution >= 0.6 is 0 Å². The van der Waals surface area contributed by atoms with E-state index in [9.17, 15) is 22.4 Å². The maximum absolute atomic E-state index is 13.6. The molecule has 1 amide bonds. The third-order valence-corrected chi connectivity index (χ3v) is 7.08. The summed E-state index contributed by atoms with van der Waals surface area (Å²) in [5.74, 6) is -1.94. The van der Waals surface area contributed by atoms with Gasteiger partial charge in [-0.3, -0.25) is 4.79 Å². The first kappa shape index (κ1) is 22.7. The SMILES string of the molecule is COC(=O)c1ccccc1NC(=O)C1CCN(S(=O)(=O)c2cc(F)ccc2OC)CC1. The average Bonchev–Trinajstić information content (AvgIpc) is 2.79. The molecule has 3 rings (SSSR count). The molecule has 1 saturated heterocycles. The second-order valence-electron chi connectivity index (χ2n) is 7.00. The molecular formula is C21H23FN2O6S. The summed E-state index contributed by atoms with van der Waals surface area (Å²) in [7, 11) is -1.41. The quantitative estimate of drug-likeness (QED) is 0.679. The van der Waals surface area contributed by atoms with Crippen molar-refractivity contribution < 1.29 is 31.9 Å². The summed E-state index contributed by atoms with van der Waals surface area (Å²) >= 11 is 0. The van der Waals surface area contributed by atoms with Gasteiger partial charge >= 0.3 is 5.97 Å². The molecule has 0 aliphatic carbocycles. The molecule has 0 aromatic heterocycles. The van der Waals surface area contributed by atoms with Crippen LogP contribution in [-0.4, -0.2) is 51.9 Å². The Morgan fingerprint density at radius 3 is 2.42 bits per heavy atom. The van der Waals surface area contributed by atoms with Gasteiger partial charge in [0.15, 0.2) is 0 Å². The standard InChI is InChI=1S/C21H23FN2O6S/c1-29-18-8-7-15(22)13-19(18)31(27,28)24-11-9-14(10-12-24)20(25)23-17-6-4-3-5-16(17)21(26)30-2/h3-8,13-14H,9-12H2,1-2H3,(H,23,25). The molecule has 0 atom stereocenters. The summed E-state index contributed by atoms with van der Waals surface area (Å²) in [6.45, 7) is 0.192. The van der Waals surface area contributed by atoms with E-state index in [0.29, 0.717) is 5.69 Å². The van der Waals surface area contributed by atoms with Crippen molar-refractivity contribution in [1.82, 2.24) is 4.31 Å². The fraction of sp³-hybridized carbons (Fsp3) is 0.333. The number of sulfonamides is 1. The van der Waals surface area contributed by atoms with E-state index in [1.54, 1.807) is 24.3 Å². The highest BCUT2D eigenvalue weighted by Gasteiger charge is 2.34. The zero-order chi connectivity index (χ0) is 22.6. The predicted octanol–water partition coefficient (Wildman–Crippen LogP) is 2.66. The van der Waals surface area contributed by atoms with E-state index in [4.69, 9.17) is 9.47 Å². The highest BCUT2D eigenvalue weighted by atomic mass is 32.2. The van der Waals surface area contributed by atoms with Gasteiger partial charge in [0, 0.05) is 19.0 Å². The molecule has 0 saturated carbocycles. The number of ether oxygens (including phenoxy) is 2. The maximum Gasteiger partial charge on any atom is 0.339 e. The molecule has 0 radical (unpaired) electrons. The van der Waals surface area contributed by atoms with Gasteiger partial charge in [-0.1, -0.05) is 12.1 Å². The van der Waals surface area contributed by atoms with Crippen LogP contribution in [0.5, 0.6) is 5.75 Å². The third-order valence-electron chi connectivity index (χ3n) is 5.16. The first-order valence-electron chi connectivity index (χ1n) is 9.60. The van der Waals surface area contributed by atoms with Gasteiger partial charge in [0.05, 0.1) is 25.5 Å². The maximum atomic E-state index is 13.6. The summed E-state index contributed by atoms with van der Waals surface area (Å²) in [5, 5.41) is 2.73. The largest absolute Gasteiger partial charge is 0.495 e. The van der Waals surface area contributed by atoms with Crippen LogP contribution in [0.15, 0.2) is 47.4 Å². The first-order valence-corrected chi connectivity index (χ1v) is 11.0. The number of hydrogen-bond donors (Lipinski definition) is 1. The molecule has 166 valence electrons. The monoisotopic (exact) mass is 450 g/mol. The number of para-hydroxylation sites is 1. The van der Waals surface area contributed by atoms with Crippen LogP contribution in [0.3, 0.4) is 0 Å². The number of anilines is 1. The van der Waals surface area contributed by atoms with Crippen LogP contribution in [0, 0.1) is 11.7 Å². The normalized spacial score (nSPS) is 15.3. The summed E-state index contributed by atoms with van der Waals surface area (Å²) in [6, 6.07) is 9.80. The summed E-state index contributed by atoms with van der Waals surface area (Å²) < 4.78 is 50.6. The molecule has 2 aromatic rings. The van der Waals surface area contributed by atoms with E-state index < -0.39 is 27.7 Å². The topological polar surface area (TPSA) is 102 Å². The van der Waals surface area contributed by atoms with Crippen molar-refractivity contribution in [3.8, 4) is 5.75 Å². The van der Waals surface area contributed by atoms with Gasteiger partial charge in [-0.25, -0.2) is 17.6 Å². The smallest absolute Gasteiger partial charge is 0.339 e. The summed E-state index contributed by atoms with van der Waals surface area (Å²) in [5.41, 5.74) is 0.565. The number of nitrogens with one attached hydrogen (secondary N) is 1. The van der Waals surface area contributed by atoms with Crippen molar-refractivity contribution in [2.24, 2.45) is 5.92 Å². The van der Waals surface area contributed by atoms with E-state index in [1.807, 2.05) is 0 Å². The number of methoxy groups -OCH3 is 2. The van der Waals surface area contributed by atoms with Crippen LogP contribution in [0.1, 0.15) is 23.2 Å². The van der Waals surface area contributed by atoms with Gasteiger partial charge in [0.2, 0.25) is 15.9 Å². The molecule has 0 unspecified atom stereocenters. The Hall–Kier alpha value is -2.98. The number of amides is 1. The number of rotatable bonds is 6. The van der Waals surface area contributed by atoms with Crippen molar-refractivity contribution in [2.45, 2.75) is 17.7 Å². The van der Waals surface area contributed by atoms with Gasteiger partial charge in [-0.15, -0.1) is 0 Å². The van der Waals surface area contributed by atoms with E-state index in [0.717, 1.165) is 12.1 Å². The highest BCUT2D eigenvalue weighted by Crippen LogP contribution is 2.31. The van der Waals surface area contributed by atoms with Crippen LogP contribution in [-0.2, 0) is 19.6 Å². The van der Waals surface area contributed by atoms with Crippen molar-refractivity contribution >= 4 is 27.6 Å². The molecule has 1 fully saturated rings. The van der Waals surface area contributed by atoms with Crippen molar-refractivity contribution in [3.63, 3.8) is 0 Å². The Kier molecular flexibility index (Phi) is 6.91. The van der Waals surface area contributed by atoms with Gasteiger partial charge in [-0.05, 0) is 43.2 Å². The zero-order valence-electron chi connectivity index (χ0n) is 17.1. The number of hydrogen-bond acceptors (Lipinski definition) is 6. The van der Waals surface area contributed by atoms with Crippen molar-refractivity contribution in [1.29, 1.82) is 0 Å². The molecule has 1 aliphatic heterocycles. The number of nitrogens with zero attached hydrogens (tertiary/aromatic N) is 1. The molecule has 10 heteroatoms. The van der Waals surface area contributed by atoms with Crippen LogP contribution < -0.4 is 10.1 Å². The number of esters is 1. The number of benzene rings is 2. The number of carbonyl (C=O) groups is 2. The Morgan fingerprint density at radius 2 is 1.77 bits per heavy atom. The Labute approximate surface area is 180 Å². The third kappa shape index (κ3) is 4.86. The number of carbonyl (C=O) groups excluding carboxylic acids is 2. The van der Waals surface area contributed by atoms with E-state index in [2.05, 4.69) is 5.32 Å². The zero-order valence-corrected chi connectivity index (χ0v) is 17.9. The lowest BCUT2D eigenvalue weighted by Gasteiger charge is -2.31. The molecular weight excluding hydrogens is 427 g/mol. The Morgan fingerprint density at radius 1 is 1.10 bits per heavy atom. The van der Waals surface area contributed by atoms with E-state index in [1.165, 1.54) is 24.6 Å². The summed E-state index contributed by atoms with van der Waals surface area (Å²) in [6.07, 6.45) is 0.562. The van der Waals surface area contributed by atoms with E-state index in [-0.39, 0.29) is 48.0 Å². The molecule has 0 spiro atoms. The van der Waals surface area contributed by atoms with Crippen molar-refractivity contribution in [2.75, 3.05) is 32.6 Å². The van der Waals surface area contributed by atoms with Gasteiger partial charge < -0.3 is 14.8 Å². The summed E-state index contributed by atoms with van der Waals surface area (Å²) in [4.78, 5) is 24.3. The van der Waals surface area contributed by atoms with Crippen LogP contribution in [0.4, 0.5) is 10.1 Å². The van der Waals surface area contributed by atoms with Gasteiger partial charge in [-0.2, -0.15) is 4.31 Å². The lowest BCUT2D eigenvalue weighted by molar-refractivity contribution is -0.120. The molecule has 0 bridgehead atoms. The number of halogens is 1. The number of piperidine rings is 1. The first-order chi connectivity index (χ1) is 14.8. The molecule has 8 nitrogen and oxygen atoms in total. The van der Waals surface area contributed by atoms with Crippen LogP contribution in [0.25, 0.3) is 0 Å². The van der Waals surface area contributed by atoms with Crippen LogP contribution in [0.2, 0.25) is 0 Å². The predicted molar refractivity (Wildman–Crippen MR) is 111 cm³/mol. The Balaban J connectivity index is 1.69. The second-order valence-corrected chi connectivity index (χ2v) is 8.91. The van der Waals surface area contributed by atoms with Gasteiger partial charge in [0.25, 0.3) is 0 Å². The molecule has 1 N–H and O–H groups in total. The Bertz CT molecular complexity index is 1080. The fourth-order valence-corrected chi connectivity index (χ4v) is 5.10. The molecule has 1 aliphatic rings. The molecule has 31 heavy (non-hydrogen) atoms. The highest BCUT2D eigenvalue weighted by molar-refractivity contribution is 7.89. The van der Waals surface area contributed by atoms with Gasteiger partial charge in [0.1, 0.15) is 16.5 Å². The van der Waals surface area contributed by atoms with E-state index >= 15 is 0 Å².